The molecule has 0 amide bonds. The number of carbonyl (C=O) groups is 1. The molecule has 1 heterocycles. The maximum Gasteiger partial charge on any atom is 0.416 e. The monoisotopic (exact) mass is 458 g/mol. The van der Waals surface area contributed by atoms with Crippen LogP contribution >= 0.6 is 11.3 Å². The molecule has 0 atom stereocenters. The van der Waals surface area contributed by atoms with E-state index in [4.69, 9.17) is 4.74 Å². The van der Waals surface area contributed by atoms with E-state index in [-0.39, 0.29) is 18.6 Å². The van der Waals surface area contributed by atoms with Crippen molar-refractivity contribution in [2.75, 3.05) is 6.61 Å². The second-order valence-electron chi connectivity index (χ2n) is 7.26. The number of benzene rings is 3. The molecule has 164 valence electrons. The van der Waals surface area contributed by atoms with E-state index >= 15 is 0 Å². The zero-order valence-corrected chi connectivity index (χ0v) is 17.8. The first kappa shape index (κ1) is 22.0. The van der Waals surface area contributed by atoms with Crippen LogP contribution in [0.5, 0.6) is 0 Å². The molecule has 0 radical (unpaired) electrons. The number of rotatable bonds is 5. The van der Waals surface area contributed by atoms with Crippen molar-refractivity contribution in [3.05, 3.63) is 94.1 Å². The van der Waals surface area contributed by atoms with Crippen molar-refractivity contribution in [3.63, 3.8) is 0 Å². The van der Waals surface area contributed by atoms with Gasteiger partial charge in [-0.1, -0.05) is 30.3 Å². The van der Waals surface area contributed by atoms with Crippen LogP contribution in [0, 0.1) is 5.82 Å². The van der Waals surface area contributed by atoms with Gasteiger partial charge >= 0.3 is 12.1 Å². The molecule has 4 rings (SSSR count). The second-order valence-corrected chi connectivity index (χ2v) is 8.40. The second kappa shape index (κ2) is 8.74. The Morgan fingerprint density at radius 1 is 1.00 bits per heavy atom. The van der Waals surface area contributed by atoms with Crippen LogP contribution in [0.25, 0.3) is 21.2 Å². The van der Waals surface area contributed by atoms with E-state index in [0.29, 0.717) is 11.6 Å². The van der Waals surface area contributed by atoms with E-state index in [0.717, 1.165) is 38.2 Å². The topological polar surface area (TPSA) is 26.3 Å². The summed E-state index contributed by atoms with van der Waals surface area (Å²) >= 11 is 1.44. The molecule has 0 aliphatic rings. The van der Waals surface area contributed by atoms with Crippen molar-refractivity contribution in [1.82, 2.24) is 0 Å². The van der Waals surface area contributed by atoms with E-state index in [1.165, 1.54) is 11.3 Å². The van der Waals surface area contributed by atoms with E-state index in [1.807, 2.05) is 30.3 Å². The summed E-state index contributed by atoms with van der Waals surface area (Å²) in [5, 5.41) is 0.927. The third kappa shape index (κ3) is 4.67. The molecular formula is C25H18F4O2S. The van der Waals surface area contributed by atoms with Gasteiger partial charge < -0.3 is 4.74 Å². The van der Waals surface area contributed by atoms with Crippen molar-refractivity contribution in [1.29, 1.82) is 0 Å². The first-order chi connectivity index (χ1) is 15.2. The third-order valence-electron chi connectivity index (χ3n) is 4.94. The van der Waals surface area contributed by atoms with Crippen LogP contribution in [0.1, 0.15) is 33.3 Å². The Balaban J connectivity index is 1.70. The smallest absolute Gasteiger partial charge is 0.416 e. The summed E-state index contributed by atoms with van der Waals surface area (Å²) in [4.78, 5) is 12.9. The van der Waals surface area contributed by atoms with Crippen LogP contribution in [0.2, 0.25) is 0 Å². The Bertz CT molecular complexity index is 1290. The molecule has 4 aromatic rings. The number of fused-ring (bicyclic) bond motifs is 1. The van der Waals surface area contributed by atoms with Crippen molar-refractivity contribution in [2.45, 2.75) is 19.5 Å². The van der Waals surface area contributed by atoms with Crippen LogP contribution in [0.15, 0.2) is 66.7 Å². The molecule has 1 aromatic heterocycles. The Morgan fingerprint density at radius 3 is 2.53 bits per heavy atom. The third-order valence-corrected chi connectivity index (χ3v) is 6.13. The predicted octanol–water partition coefficient (Wildman–Crippen LogP) is 7.49. The lowest BCUT2D eigenvalue weighted by Gasteiger charge is -2.09. The molecule has 7 heteroatoms. The minimum atomic E-state index is -4.60. The average molecular weight is 458 g/mol. The molecule has 32 heavy (non-hydrogen) atoms. The van der Waals surface area contributed by atoms with Crippen molar-refractivity contribution >= 4 is 27.4 Å². The van der Waals surface area contributed by atoms with Crippen LogP contribution in [0.4, 0.5) is 17.6 Å². The number of hydrogen-bond donors (Lipinski definition) is 0. The number of esters is 1. The molecule has 0 bridgehead atoms. The van der Waals surface area contributed by atoms with Gasteiger partial charge in [0.1, 0.15) is 5.82 Å². The summed E-state index contributed by atoms with van der Waals surface area (Å²) in [6, 6.07) is 17.4. The van der Waals surface area contributed by atoms with Gasteiger partial charge in [0.25, 0.3) is 0 Å². The number of halogens is 4. The van der Waals surface area contributed by atoms with Crippen molar-refractivity contribution in [3.8, 4) is 11.1 Å². The van der Waals surface area contributed by atoms with Crippen molar-refractivity contribution in [2.24, 2.45) is 0 Å². The minimum Gasteiger partial charge on any atom is -0.462 e. The van der Waals surface area contributed by atoms with Crippen molar-refractivity contribution < 1.29 is 27.1 Å². The molecule has 2 nitrogen and oxygen atoms in total. The fourth-order valence-corrected chi connectivity index (χ4v) is 4.80. The highest BCUT2D eigenvalue weighted by Gasteiger charge is 2.31. The maximum atomic E-state index is 13.8. The minimum absolute atomic E-state index is 0.183. The summed E-state index contributed by atoms with van der Waals surface area (Å²) < 4.78 is 58.9. The number of thiophene rings is 1. The standard InChI is InChI=1S/C25H18F4O2S/c1-2-31-24(30)18-7-3-5-16(12-18)22-8-4-6-17-13-21(32-23(17)22)11-15-9-19(25(27,28)29)14-20(26)10-15/h3-10,12-14H,2,11H2,1H3. The van der Waals surface area contributed by atoms with Crippen LogP contribution in [-0.4, -0.2) is 12.6 Å². The normalized spacial score (nSPS) is 11.7. The molecular weight excluding hydrogens is 440 g/mol. The van der Waals surface area contributed by atoms with Gasteiger partial charge in [-0.05, 0) is 65.4 Å². The molecule has 0 saturated carbocycles. The lowest BCUT2D eigenvalue weighted by molar-refractivity contribution is -0.137. The quantitative estimate of drug-likeness (QED) is 0.229. The molecule has 0 unspecified atom stereocenters. The van der Waals surface area contributed by atoms with Gasteiger partial charge in [0.2, 0.25) is 0 Å². The molecule has 0 aliphatic heterocycles. The highest BCUT2D eigenvalue weighted by atomic mass is 32.1. The van der Waals surface area contributed by atoms with E-state index in [2.05, 4.69) is 0 Å². The van der Waals surface area contributed by atoms with Gasteiger partial charge in [0.05, 0.1) is 17.7 Å². The zero-order valence-electron chi connectivity index (χ0n) is 17.0. The average Bonchev–Trinajstić information content (AvgIpc) is 3.15. The van der Waals surface area contributed by atoms with Gasteiger partial charge in [-0.25, -0.2) is 9.18 Å². The molecule has 0 aliphatic carbocycles. The first-order valence-electron chi connectivity index (χ1n) is 9.90. The molecule has 0 spiro atoms. The van der Waals surface area contributed by atoms with Crippen LogP contribution < -0.4 is 0 Å². The van der Waals surface area contributed by atoms with Gasteiger partial charge in [0.15, 0.2) is 0 Å². The highest BCUT2D eigenvalue weighted by molar-refractivity contribution is 7.19. The number of hydrogen-bond acceptors (Lipinski definition) is 3. The van der Waals surface area contributed by atoms with E-state index in [1.54, 1.807) is 25.1 Å². The Morgan fingerprint density at radius 2 is 1.78 bits per heavy atom. The largest absolute Gasteiger partial charge is 0.462 e. The van der Waals surface area contributed by atoms with Gasteiger partial charge in [-0.3, -0.25) is 0 Å². The van der Waals surface area contributed by atoms with Gasteiger partial charge in [-0.15, -0.1) is 11.3 Å². The summed E-state index contributed by atoms with van der Waals surface area (Å²) in [7, 11) is 0. The number of alkyl halides is 3. The lowest BCUT2D eigenvalue weighted by atomic mass is 10.0. The summed E-state index contributed by atoms with van der Waals surface area (Å²) in [5.41, 5.74) is 1.44. The zero-order chi connectivity index (χ0) is 22.9. The van der Waals surface area contributed by atoms with E-state index < -0.39 is 23.5 Å². The fourth-order valence-electron chi connectivity index (χ4n) is 3.58. The van der Waals surface area contributed by atoms with E-state index in [9.17, 15) is 22.4 Å². The van der Waals surface area contributed by atoms with Crippen LogP contribution in [-0.2, 0) is 17.3 Å². The Hall–Kier alpha value is -3.19. The number of ether oxygens (including phenoxy) is 1. The SMILES string of the molecule is CCOC(=O)c1cccc(-c2cccc3cc(Cc4cc(F)cc(C(F)(F)F)c4)sc23)c1. The molecule has 0 fully saturated rings. The predicted molar refractivity (Wildman–Crippen MR) is 117 cm³/mol. The summed E-state index contributed by atoms with van der Waals surface area (Å²) in [6.45, 7) is 2.02. The summed E-state index contributed by atoms with van der Waals surface area (Å²) in [5.74, 6) is -1.31. The van der Waals surface area contributed by atoms with Gasteiger partial charge in [-0.2, -0.15) is 13.2 Å². The Labute approximate surface area is 186 Å². The summed E-state index contributed by atoms with van der Waals surface area (Å²) in [6.07, 6.45) is -4.42. The highest BCUT2D eigenvalue weighted by Crippen LogP contribution is 2.37. The maximum absolute atomic E-state index is 13.8. The fraction of sp³-hybridized carbons (Fsp3) is 0.160. The first-order valence-corrected chi connectivity index (χ1v) is 10.7. The van der Waals surface area contributed by atoms with Crippen LogP contribution in [0.3, 0.4) is 0 Å². The molecule has 3 aromatic carbocycles. The Kier molecular flexibility index (Phi) is 6.02. The number of carbonyl (C=O) groups excluding carboxylic acids is 1. The molecule has 0 saturated heterocycles. The lowest BCUT2D eigenvalue weighted by Crippen LogP contribution is -2.06. The molecule has 0 N–H and O–H groups in total. The van der Waals surface area contributed by atoms with Gasteiger partial charge in [0, 0.05) is 16.0 Å².